The fraction of sp³-hybridized carbons (Fsp3) is 0. The number of aromatic nitrogens is 2. The summed E-state index contributed by atoms with van der Waals surface area (Å²) in [5.74, 6) is 0.935. The first kappa shape index (κ1) is 9.65. The molecule has 0 aromatic carbocycles. The normalized spacial score (nSPS) is 16.2. The second-order valence-corrected chi connectivity index (χ2v) is 3.54. The van der Waals surface area contributed by atoms with Crippen LogP contribution in [0.5, 0.6) is 5.75 Å². The number of pyridine rings is 1. The van der Waals surface area contributed by atoms with Crippen LogP contribution in [-0.2, 0) is 4.79 Å². The molecule has 0 saturated heterocycles. The standard InChI is InChI=1S/C12H9N3O2/c16-12-10(7-8-3-1-5-13-8)17-9-4-2-6-14-11(9)15-12/h1-7,13H,(H,14,15,16)/b10-7-. The zero-order chi connectivity index (χ0) is 11.7. The molecule has 2 aromatic rings. The highest BCUT2D eigenvalue weighted by atomic mass is 16.5. The number of hydrogen-bond acceptors (Lipinski definition) is 3. The summed E-state index contributed by atoms with van der Waals surface area (Å²) in [7, 11) is 0. The lowest BCUT2D eigenvalue weighted by atomic mass is 10.3. The fourth-order valence-corrected chi connectivity index (χ4v) is 1.57. The molecule has 0 radical (unpaired) electrons. The Morgan fingerprint density at radius 1 is 1.29 bits per heavy atom. The van der Waals surface area contributed by atoms with Gasteiger partial charge in [-0.3, -0.25) is 4.79 Å². The molecular weight excluding hydrogens is 218 g/mol. The molecule has 3 rings (SSSR count). The topological polar surface area (TPSA) is 67.0 Å². The lowest BCUT2D eigenvalue weighted by Crippen LogP contribution is -2.24. The van der Waals surface area contributed by atoms with E-state index >= 15 is 0 Å². The number of rotatable bonds is 1. The maximum absolute atomic E-state index is 11.7. The molecule has 3 heterocycles. The van der Waals surface area contributed by atoms with Gasteiger partial charge in [0.15, 0.2) is 17.3 Å². The number of nitrogens with one attached hydrogen (secondary N) is 2. The van der Waals surface area contributed by atoms with Crippen molar-refractivity contribution in [1.82, 2.24) is 9.97 Å². The first-order chi connectivity index (χ1) is 8.33. The number of fused-ring (bicyclic) bond motifs is 1. The van der Waals surface area contributed by atoms with E-state index in [1.165, 1.54) is 0 Å². The molecule has 1 aliphatic rings. The minimum absolute atomic E-state index is 0.243. The van der Waals surface area contributed by atoms with Crippen molar-refractivity contribution in [3.63, 3.8) is 0 Å². The van der Waals surface area contributed by atoms with Crippen molar-refractivity contribution in [1.29, 1.82) is 0 Å². The summed E-state index contributed by atoms with van der Waals surface area (Å²) in [6.45, 7) is 0. The van der Waals surface area contributed by atoms with Gasteiger partial charge >= 0.3 is 0 Å². The largest absolute Gasteiger partial charge is 0.448 e. The second-order valence-electron chi connectivity index (χ2n) is 3.54. The van der Waals surface area contributed by atoms with Gasteiger partial charge in [0.05, 0.1) is 0 Å². The molecule has 0 atom stereocenters. The van der Waals surface area contributed by atoms with Crippen LogP contribution in [0.25, 0.3) is 6.08 Å². The van der Waals surface area contributed by atoms with Crippen LogP contribution in [0.15, 0.2) is 42.4 Å². The van der Waals surface area contributed by atoms with Gasteiger partial charge in [0.25, 0.3) is 5.91 Å². The average molecular weight is 227 g/mol. The quantitative estimate of drug-likeness (QED) is 0.730. The zero-order valence-electron chi connectivity index (χ0n) is 8.81. The SMILES string of the molecule is O=C1Nc2ncccc2O/C1=C\c1ccc[nH]1. The summed E-state index contributed by atoms with van der Waals surface area (Å²) in [5.41, 5.74) is 0.808. The van der Waals surface area contributed by atoms with Crippen molar-refractivity contribution >= 4 is 17.8 Å². The van der Waals surface area contributed by atoms with E-state index in [2.05, 4.69) is 15.3 Å². The molecule has 17 heavy (non-hydrogen) atoms. The zero-order valence-corrected chi connectivity index (χ0v) is 8.81. The summed E-state index contributed by atoms with van der Waals surface area (Å²) >= 11 is 0. The third-order valence-corrected chi connectivity index (χ3v) is 2.35. The third kappa shape index (κ3) is 1.78. The Morgan fingerprint density at radius 3 is 3.06 bits per heavy atom. The van der Waals surface area contributed by atoms with E-state index in [0.29, 0.717) is 11.6 Å². The molecule has 2 N–H and O–H groups in total. The van der Waals surface area contributed by atoms with E-state index in [-0.39, 0.29) is 11.7 Å². The van der Waals surface area contributed by atoms with Gasteiger partial charge in [0.2, 0.25) is 0 Å². The Bertz CT molecular complexity index is 588. The average Bonchev–Trinajstić information content (AvgIpc) is 2.83. The highest BCUT2D eigenvalue weighted by Gasteiger charge is 2.22. The van der Waals surface area contributed by atoms with E-state index < -0.39 is 0 Å². The molecule has 5 nitrogen and oxygen atoms in total. The molecule has 5 heteroatoms. The number of aromatic amines is 1. The number of amides is 1. The Morgan fingerprint density at radius 2 is 2.24 bits per heavy atom. The second kappa shape index (κ2) is 3.79. The molecule has 2 aromatic heterocycles. The summed E-state index contributed by atoms with van der Waals surface area (Å²) < 4.78 is 5.48. The van der Waals surface area contributed by atoms with Crippen molar-refractivity contribution in [3.05, 3.63) is 48.1 Å². The number of carbonyl (C=O) groups excluding carboxylic acids is 1. The maximum Gasteiger partial charge on any atom is 0.292 e. The van der Waals surface area contributed by atoms with Crippen LogP contribution in [-0.4, -0.2) is 15.9 Å². The van der Waals surface area contributed by atoms with Gasteiger partial charge in [0, 0.05) is 24.2 Å². The maximum atomic E-state index is 11.7. The summed E-state index contributed by atoms with van der Waals surface area (Å²) in [6, 6.07) is 7.21. The first-order valence-corrected chi connectivity index (χ1v) is 5.12. The monoisotopic (exact) mass is 227 g/mol. The van der Waals surface area contributed by atoms with E-state index in [9.17, 15) is 4.79 Å². The Balaban J connectivity index is 1.97. The van der Waals surface area contributed by atoms with Crippen LogP contribution >= 0.6 is 0 Å². The molecule has 84 valence electrons. The van der Waals surface area contributed by atoms with Gasteiger partial charge in [-0.2, -0.15) is 0 Å². The van der Waals surface area contributed by atoms with E-state index in [1.54, 1.807) is 30.6 Å². The van der Waals surface area contributed by atoms with Crippen LogP contribution in [0, 0.1) is 0 Å². The predicted octanol–water partition coefficient (Wildman–Crippen LogP) is 1.78. The molecule has 1 aliphatic heterocycles. The number of hydrogen-bond donors (Lipinski definition) is 2. The van der Waals surface area contributed by atoms with Crippen LogP contribution in [0.3, 0.4) is 0 Å². The van der Waals surface area contributed by atoms with Gasteiger partial charge < -0.3 is 15.0 Å². The predicted molar refractivity (Wildman–Crippen MR) is 62.3 cm³/mol. The van der Waals surface area contributed by atoms with Gasteiger partial charge in [0.1, 0.15) is 0 Å². The Labute approximate surface area is 97.1 Å². The van der Waals surface area contributed by atoms with Gasteiger partial charge in [-0.15, -0.1) is 0 Å². The van der Waals surface area contributed by atoms with Crippen LogP contribution in [0.4, 0.5) is 5.82 Å². The molecule has 0 bridgehead atoms. The van der Waals surface area contributed by atoms with Gasteiger partial charge in [-0.05, 0) is 24.3 Å². The van der Waals surface area contributed by atoms with Crippen LogP contribution in [0.1, 0.15) is 5.69 Å². The van der Waals surface area contributed by atoms with Crippen LogP contribution < -0.4 is 10.1 Å². The molecular formula is C12H9N3O2. The van der Waals surface area contributed by atoms with Crippen LogP contribution in [0.2, 0.25) is 0 Å². The number of carbonyl (C=O) groups is 1. The smallest absolute Gasteiger partial charge is 0.292 e. The minimum atomic E-state index is -0.300. The van der Waals surface area contributed by atoms with Crippen molar-refractivity contribution in [2.24, 2.45) is 0 Å². The summed E-state index contributed by atoms with van der Waals surface area (Å²) in [5, 5.41) is 2.67. The van der Waals surface area contributed by atoms with Crippen molar-refractivity contribution < 1.29 is 9.53 Å². The van der Waals surface area contributed by atoms with Crippen molar-refractivity contribution in [2.75, 3.05) is 5.32 Å². The molecule has 0 saturated carbocycles. The van der Waals surface area contributed by atoms with E-state index in [0.717, 1.165) is 5.69 Å². The molecule has 1 amide bonds. The van der Waals surface area contributed by atoms with E-state index in [4.69, 9.17) is 4.74 Å². The number of anilines is 1. The molecule has 0 unspecified atom stereocenters. The molecule has 0 spiro atoms. The third-order valence-electron chi connectivity index (χ3n) is 2.35. The fourth-order valence-electron chi connectivity index (χ4n) is 1.57. The first-order valence-electron chi connectivity index (χ1n) is 5.12. The highest BCUT2D eigenvalue weighted by molar-refractivity contribution is 6.07. The molecule has 0 aliphatic carbocycles. The summed E-state index contributed by atoms with van der Waals surface area (Å²) in [4.78, 5) is 18.7. The number of ether oxygens (including phenoxy) is 1. The Hall–Kier alpha value is -2.56. The number of H-pyrrole nitrogens is 1. The van der Waals surface area contributed by atoms with Gasteiger partial charge in [-0.25, -0.2) is 4.98 Å². The van der Waals surface area contributed by atoms with Crippen molar-refractivity contribution in [3.8, 4) is 5.75 Å². The van der Waals surface area contributed by atoms with Crippen molar-refractivity contribution in [2.45, 2.75) is 0 Å². The lowest BCUT2D eigenvalue weighted by Gasteiger charge is -2.18. The number of nitrogens with zero attached hydrogens (tertiary/aromatic N) is 1. The van der Waals surface area contributed by atoms with Gasteiger partial charge in [-0.1, -0.05) is 0 Å². The lowest BCUT2D eigenvalue weighted by molar-refractivity contribution is -0.115. The highest BCUT2D eigenvalue weighted by Crippen LogP contribution is 2.28. The summed E-state index contributed by atoms with van der Waals surface area (Å²) in [6.07, 6.45) is 5.02. The Kier molecular flexibility index (Phi) is 2.15. The molecule has 0 fully saturated rings. The minimum Gasteiger partial charge on any atom is -0.448 e. The van der Waals surface area contributed by atoms with E-state index in [1.807, 2.05) is 12.1 Å².